The second-order valence-corrected chi connectivity index (χ2v) is 6.81. The molecule has 5 nitrogen and oxygen atoms in total. The zero-order valence-electron chi connectivity index (χ0n) is 13.7. The first kappa shape index (κ1) is 16.6. The van der Waals surface area contributed by atoms with Gasteiger partial charge in [0.25, 0.3) is 0 Å². The number of anilines is 1. The third-order valence-electron chi connectivity index (χ3n) is 4.78. The molecule has 1 aromatic carbocycles. The van der Waals surface area contributed by atoms with Crippen LogP contribution in [0.2, 0.25) is 5.02 Å². The minimum Gasteiger partial charge on any atom is -0.368 e. The van der Waals surface area contributed by atoms with Gasteiger partial charge in [-0.25, -0.2) is 0 Å². The molecule has 0 radical (unpaired) electrons. The Hall–Kier alpha value is -1.30. The number of carbonyl (C=O) groups is 1. The molecule has 2 aliphatic rings. The molecule has 2 aliphatic heterocycles. The van der Waals surface area contributed by atoms with Crippen LogP contribution in [0.25, 0.3) is 0 Å². The van der Waals surface area contributed by atoms with E-state index in [0.29, 0.717) is 12.6 Å². The van der Waals surface area contributed by atoms with Crippen molar-refractivity contribution in [1.82, 2.24) is 15.1 Å². The summed E-state index contributed by atoms with van der Waals surface area (Å²) in [6.45, 7) is 8.91. The molecule has 0 spiro atoms. The van der Waals surface area contributed by atoms with E-state index in [1.54, 1.807) is 0 Å². The molecule has 126 valence electrons. The van der Waals surface area contributed by atoms with E-state index >= 15 is 0 Å². The van der Waals surface area contributed by atoms with Crippen LogP contribution in [0.5, 0.6) is 0 Å². The summed E-state index contributed by atoms with van der Waals surface area (Å²) in [6.07, 6.45) is 0. The van der Waals surface area contributed by atoms with Gasteiger partial charge in [-0.3, -0.25) is 9.69 Å². The summed E-state index contributed by atoms with van der Waals surface area (Å²) in [4.78, 5) is 19.1. The van der Waals surface area contributed by atoms with E-state index in [1.807, 2.05) is 23.1 Å². The molecule has 23 heavy (non-hydrogen) atoms. The van der Waals surface area contributed by atoms with Gasteiger partial charge in [0.2, 0.25) is 5.91 Å². The number of rotatable bonds is 3. The van der Waals surface area contributed by atoms with Crippen molar-refractivity contribution < 1.29 is 4.79 Å². The van der Waals surface area contributed by atoms with Gasteiger partial charge in [-0.1, -0.05) is 17.7 Å². The predicted octanol–water partition coefficient (Wildman–Crippen LogP) is 1.28. The van der Waals surface area contributed by atoms with Gasteiger partial charge in [-0.05, 0) is 25.1 Å². The van der Waals surface area contributed by atoms with Gasteiger partial charge in [0.05, 0.1) is 6.54 Å². The molecule has 2 fully saturated rings. The van der Waals surface area contributed by atoms with Crippen molar-refractivity contribution in [2.75, 3.05) is 57.3 Å². The first-order valence-electron chi connectivity index (χ1n) is 8.36. The number of hydrogen-bond acceptors (Lipinski definition) is 4. The number of halogens is 1. The van der Waals surface area contributed by atoms with E-state index < -0.39 is 0 Å². The Labute approximate surface area is 143 Å². The van der Waals surface area contributed by atoms with E-state index in [-0.39, 0.29) is 5.91 Å². The Kier molecular flexibility index (Phi) is 5.41. The van der Waals surface area contributed by atoms with Crippen LogP contribution in [-0.4, -0.2) is 74.1 Å². The molecule has 3 rings (SSSR count). The van der Waals surface area contributed by atoms with Gasteiger partial charge in [0, 0.05) is 62.6 Å². The zero-order valence-corrected chi connectivity index (χ0v) is 14.4. The summed E-state index contributed by atoms with van der Waals surface area (Å²) < 4.78 is 0. The third kappa shape index (κ3) is 4.16. The van der Waals surface area contributed by atoms with E-state index in [9.17, 15) is 4.79 Å². The SMILES string of the molecule is C[C@@H]1CNCCN1CC(=O)N1CCN(c2cccc(Cl)c2)CC1. The first-order chi connectivity index (χ1) is 11.1. The van der Waals surface area contributed by atoms with Crippen LogP contribution in [0.1, 0.15) is 6.92 Å². The molecule has 0 aliphatic carbocycles. The van der Waals surface area contributed by atoms with Crippen LogP contribution in [-0.2, 0) is 4.79 Å². The van der Waals surface area contributed by atoms with E-state index in [1.165, 1.54) is 0 Å². The maximum Gasteiger partial charge on any atom is 0.236 e. The minimum absolute atomic E-state index is 0.254. The van der Waals surface area contributed by atoms with Crippen LogP contribution in [0.15, 0.2) is 24.3 Å². The van der Waals surface area contributed by atoms with Crippen molar-refractivity contribution in [1.29, 1.82) is 0 Å². The van der Waals surface area contributed by atoms with Crippen LogP contribution < -0.4 is 10.2 Å². The monoisotopic (exact) mass is 336 g/mol. The lowest BCUT2D eigenvalue weighted by Crippen LogP contribution is -2.55. The summed E-state index contributed by atoms with van der Waals surface area (Å²) in [5, 5.41) is 4.12. The summed E-state index contributed by atoms with van der Waals surface area (Å²) in [5.74, 6) is 0.254. The molecule has 2 saturated heterocycles. The molecular weight excluding hydrogens is 312 g/mol. The molecule has 0 aromatic heterocycles. The zero-order chi connectivity index (χ0) is 16.2. The van der Waals surface area contributed by atoms with E-state index in [0.717, 1.165) is 56.5 Å². The van der Waals surface area contributed by atoms with Gasteiger partial charge < -0.3 is 15.1 Å². The highest BCUT2D eigenvalue weighted by molar-refractivity contribution is 6.30. The Morgan fingerprint density at radius 2 is 2.04 bits per heavy atom. The Bertz CT molecular complexity index is 545. The number of carbonyl (C=O) groups excluding carboxylic acids is 1. The van der Waals surface area contributed by atoms with Gasteiger partial charge >= 0.3 is 0 Å². The largest absolute Gasteiger partial charge is 0.368 e. The Balaban J connectivity index is 1.51. The second-order valence-electron chi connectivity index (χ2n) is 6.37. The third-order valence-corrected chi connectivity index (χ3v) is 5.02. The summed E-state index contributed by atoms with van der Waals surface area (Å²) in [6, 6.07) is 8.36. The molecule has 1 N–H and O–H groups in total. The van der Waals surface area contributed by atoms with Crippen molar-refractivity contribution in [2.24, 2.45) is 0 Å². The molecule has 1 aromatic rings. The van der Waals surface area contributed by atoms with Crippen LogP contribution in [0.3, 0.4) is 0 Å². The quantitative estimate of drug-likeness (QED) is 0.902. The van der Waals surface area contributed by atoms with Crippen molar-refractivity contribution in [2.45, 2.75) is 13.0 Å². The number of benzene rings is 1. The average molecular weight is 337 g/mol. The predicted molar refractivity (Wildman–Crippen MR) is 94.1 cm³/mol. The lowest BCUT2D eigenvalue weighted by molar-refractivity contribution is -0.133. The average Bonchev–Trinajstić information content (AvgIpc) is 2.57. The number of hydrogen-bond donors (Lipinski definition) is 1. The highest BCUT2D eigenvalue weighted by Gasteiger charge is 2.25. The molecule has 0 bridgehead atoms. The molecular formula is C17H25ClN4O. The van der Waals surface area contributed by atoms with E-state index in [4.69, 9.17) is 11.6 Å². The van der Waals surface area contributed by atoms with Crippen molar-refractivity contribution >= 4 is 23.2 Å². The van der Waals surface area contributed by atoms with Crippen molar-refractivity contribution in [3.63, 3.8) is 0 Å². The smallest absolute Gasteiger partial charge is 0.236 e. The minimum atomic E-state index is 0.254. The highest BCUT2D eigenvalue weighted by atomic mass is 35.5. The number of nitrogens with one attached hydrogen (secondary N) is 1. The molecule has 0 unspecified atom stereocenters. The van der Waals surface area contributed by atoms with E-state index in [2.05, 4.69) is 28.1 Å². The highest BCUT2D eigenvalue weighted by Crippen LogP contribution is 2.20. The standard InChI is InChI=1S/C17H25ClN4O/c1-14-12-19-5-6-22(14)13-17(23)21-9-7-20(8-10-21)16-4-2-3-15(18)11-16/h2-4,11,14,19H,5-10,12-13H2,1H3/t14-/m1/s1. The first-order valence-corrected chi connectivity index (χ1v) is 8.74. The normalized spacial score (nSPS) is 23.1. The molecule has 1 atom stereocenters. The fourth-order valence-electron chi connectivity index (χ4n) is 3.28. The van der Waals surface area contributed by atoms with Crippen LogP contribution in [0, 0.1) is 0 Å². The van der Waals surface area contributed by atoms with Crippen LogP contribution >= 0.6 is 11.6 Å². The molecule has 1 amide bonds. The lowest BCUT2D eigenvalue weighted by Gasteiger charge is -2.39. The molecule has 0 saturated carbocycles. The summed E-state index contributed by atoms with van der Waals surface area (Å²) in [5.41, 5.74) is 1.14. The number of piperazine rings is 2. The Morgan fingerprint density at radius 1 is 1.26 bits per heavy atom. The fourth-order valence-corrected chi connectivity index (χ4v) is 3.46. The van der Waals surface area contributed by atoms with Gasteiger partial charge in [-0.2, -0.15) is 0 Å². The lowest BCUT2D eigenvalue weighted by atomic mass is 10.2. The second kappa shape index (κ2) is 7.51. The summed E-state index contributed by atoms with van der Waals surface area (Å²) >= 11 is 6.06. The van der Waals surface area contributed by atoms with Gasteiger partial charge in [-0.15, -0.1) is 0 Å². The summed E-state index contributed by atoms with van der Waals surface area (Å²) in [7, 11) is 0. The van der Waals surface area contributed by atoms with Gasteiger partial charge in [0.15, 0.2) is 0 Å². The fraction of sp³-hybridized carbons (Fsp3) is 0.588. The maximum absolute atomic E-state index is 12.5. The molecule has 2 heterocycles. The number of amides is 1. The Morgan fingerprint density at radius 3 is 2.74 bits per heavy atom. The van der Waals surface area contributed by atoms with Crippen molar-refractivity contribution in [3.8, 4) is 0 Å². The number of nitrogens with zero attached hydrogens (tertiary/aromatic N) is 3. The topological polar surface area (TPSA) is 38.8 Å². The molecule has 6 heteroatoms. The van der Waals surface area contributed by atoms with Crippen LogP contribution in [0.4, 0.5) is 5.69 Å². The maximum atomic E-state index is 12.5. The van der Waals surface area contributed by atoms with Gasteiger partial charge in [0.1, 0.15) is 0 Å². The van der Waals surface area contributed by atoms with Crippen molar-refractivity contribution in [3.05, 3.63) is 29.3 Å².